The Bertz CT molecular complexity index is 533. The molecule has 1 aromatic carbocycles. The fourth-order valence-electron chi connectivity index (χ4n) is 1.84. The van der Waals surface area contributed by atoms with Crippen molar-refractivity contribution in [2.75, 3.05) is 20.8 Å². The minimum Gasteiger partial charge on any atom is -0.494 e. The van der Waals surface area contributed by atoms with Crippen LogP contribution in [0.2, 0.25) is 0 Å². The predicted molar refractivity (Wildman–Crippen MR) is 63.8 cm³/mol. The van der Waals surface area contributed by atoms with Gasteiger partial charge in [0.2, 0.25) is 0 Å². The molecular formula is C12H15NO4. The summed E-state index contributed by atoms with van der Waals surface area (Å²) in [5.74, 6) is 1.05. The normalized spacial score (nSPS) is 10.5. The first-order valence-electron chi connectivity index (χ1n) is 5.31. The molecule has 1 heterocycles. The number of hydrogen-bond acceptors (Lipinski definition) is 4. The van der Waals surface area contributed by atoms with Crippen molar-refractivity contribution in [3.63, 3.8) is 0 Å². The van der Waals surface area contributed by atoms with Gasteiger partial charge in [-0.3, -0.25) is 0 Å². The van der Waals surface area contributed by atoms with Gasteiger partial charge in [0, 0.05) is 0 Å². The van der Waals surface area contributed by atoms with Gasteiger partial charge in [0.15, 0.2) is 5.75 Å². The fraction of sp³-hybridized carbons (Fsp3) is 0.333. The van der Waals surface area contributed by atoms with E-state index in [-0.39, 0.29) is 5.88 Å². The number of aromatic nitrogens is 1. The first kappa shape index (κ1) is 11.4. The van der Waals surface area contributed by atoms with E-state index < -0.39 is 0 Å². The van der Waals surface area contributed by atoms with Gasteiger partial charge in [-0.2, -0.15) is 0 Å². The zero-order valence-corrected chi connectivity index (χ0v) is 10.1. The standard InChI is InChI=1S/C12H15NO4/c1-4-17-8-5-6-10-9(7-8)11(15-2)12(14)13(10)16-3/h5-7,14H,4H2,1-3H3. The third kappa shape index (κ3) is 1.73. The van der Waals surface area contributed by atoms with E-state index in [2.05, 4.69) is 0 Å². The first-order valence-corrected chi connectivity index (χ1v) is 5.31. The highest BCUT2D eigenvalue weighted by Gasteiger charge is 2.18. The molecule has 1 aromatic heterocycles. The van der Waals surface area contributed by atoms with Crippen molar-refractivity contribution < 1.29 is 19.4 Å². The van der Waals surface area contributed by atoms with Crippen LogP contribution in [0.15, 0.2) is 18.2 Å². The number of ether oxygens (including phenoxy) is 2. The number of fused-ring (bicyclic) bond motifs is 1. The summed E-state index contributed by atoms with van der Waals surface area (Å²) in [6.45, 7) is 2.50. The molecule has 0 amide bonds. The van der Waals surface area contributed by atoms with Crippen molar-refractivity contribution in [1.29, 1.82) is 0 Å². The summed E-state index contributed by atoms with van der Waals surface area (Å²) >= 11 is 0. The van der Waals surface area contributed by atoms with Crippen LogP contribution in [0.5, 0.6) is 17.4 Å². The summed E-state index contributed by atoms with van der Waals surface area (Å²) in [7, 11) is 2.98. The molecule has 0 atom stereocenters. The summed E-state index contributed by atoms with van der Waals surface area (Å²) < 4.78 is 11.9. The van der Waals surface area contributed by atoms with Gasteiger partial charge in [-0.1, -0.05) is 0 Å². The van der Waals surface area contributed by atoms with Gasteiger partial charge in [-0.05, 0) is 25.1 Å². The molecule has 0 aliphatic heterocycles. The van der Waals surface area contributed by atoms with Gasteiger partial charge in [-0.25, -0.2) is 0 Å². The Balaban J connectivity index is 2.67. The maximum Gasteiger partial charge on any atom is 0.269 e. The van der Waals surface area contributed by atoms with Crippen molar-refractivity contribution in [1.82, 2.24) is 4.73 Å². The van der Waals surface area contributed by atoms with Gasteiger partial charge in [0.25, 0.3) is 5.88 Å². The lowest BCUT2D eigenvalue weighted by molar-refractivity contribution is 0.149. The van der Waals surface area contributed by atoms with Gasteiger partial charge >= 0.3 is 0 Å². The van der Waals surface area contributed by atoms with Crippen LogP contribution in [0.25, 0.3) is 10.9 Å². The third-order valence-electron chi connectivity index (χ3n) is 2.52. The molecule has 5 nitrogen and oxygen atoms in total. The average molecular weight is 237 g/mol. The molecular weight excluding hydrogens is 222 g/mol. The maximum atomic E-state index is 9.91. The molecule has 5 heteroatoms. The lowest BCUT2D eigenvalue weighted by atomic mass is 10.2. The SMILES string of the molecule is CCOc1ccc2c(c1)c(OC)c(O)n2OC. The Hall–Kier alpha value is -2.04. The molecule has 2 rings (SSSR count). The van der Waals surface area contributed by atoms with Crippen molar-refractivity contribution in [3.8, 4) is 17.4 Å². The maximum absolute atomic E-state index is 9.91. The molecule has 92 valence electrons. The molecule has 0 bridgehead atoms. The molecule has 0 spiro atoms. The Morgan fingerprint density at radius 3 is 2.65 bits per heavy atom. The average Bonchev–Trinajstić information content (AvgIpc) is 2.60. The van der Waals surface area contributed by atoms with Crippen LogP contribution in [0.3, 0.4) is 0 Å². The van der Waals surface area contributed by atoms with Crippen LogP contribution >= 0.6 is 0 Å². The third-order valence-corrected chi connectivity index (χ3v) is 2.52. The van der Waals surface area contributed by atoms with Gasteiger partial charge in [0.1, 0.15) is 12.9 Å². The van der Waals surface area contributed by atoms with E-state index in [1.807, 2.05) is 25.1 Å². The van der Waals surface area contributed by atoms with E-state index in [1.165, 1.54) is 19.0 Å². The lowest BCUT2D eigenvalue weighted by Crippen LogP contribution is -2.04. The minimum absolute atomic E-state index is 0.0568. The summed E-state index contributed by atoms with van der Waals surface area (Å²) in [5.41, 5.74) is 0.727. The van der Waals surface area contributed by atoms with Crippen molar-refractivity contribution >= 4 is 10.9 Å². The smallest absolute Gasteiger partial charge is 0.269 e. The fourth-order valence-corrected chi connectivity index (χ4v) is 1.84. The second-order valence-corrected chi connectivity index (χ2v) is 3.45. The van der Waals surface area contributed by atoms with E-state index in [1.54, 1.807) is 0 Å². The highest BCUT2D eigenvalue weighted by atomic mass is 16.7. The number of aromatic hydroxyl groups is 1. The Morgan fingerprint density at radius 2 is 2.06 bits per heavy atom. The molecule has 0 aliphatic rings. The van der Waals surface area contributed by atoms with Crippen molar-refractivity contribution in [2.24, 2.45) is 0 Å². The topological polar surface area (TPSA) is 52.8 Å². The van der Waals surface area contributed by atoms with E-state index in [9.17, 15) is 5.11 Å². The van der Waals surface area contributed by atoms with E-state index in [4.69, 9.17) is 14.3 Å². The molecule has 17 heavy (non-hydrogen) atoms. The minimum atomic E-state index is -0.0568. The lowest BCUT2D eigenvalue weighted by Gasteiger charge is -2.04. The second kappa shape index (κ2) is 4.45. The number of nitrogens with zero attached hydrogens (tertiary/aromatic N) is 1. The van der Waals surface area contributed by atoms with E-state index in [0.29, 0.717) is 12.4 Å². The van der Waals surface area contributed by atoms with Crippen LogP contribution in [0.4, 0.5) is 0 Å². The van der Waals surface area contributed by atoms with Crippen LogP contribution in [-0.4, -0.2) is 30.7 Å². The first-order chi connectivity index (χ1) is 8.22. The highest BCUT2D eigenvalue weighted by molar-refractivity contribution is 5.90. The van der Waals surface area contributed by atoms with E-state index >= 15 is 0 Å². The predicted octanol–water partition coefficient (Wildman–Crippen LogP) is 1.81. The summed E-state index contributed by atoms with van der Waals surface area (Å²) in [4.78, 5) is 5.09. The highest BCUT2D eigenvalue weighted by Crippen LogP contribution is 2.38. The summed E-state index contributed by atoms with van der Waals surface area (Å²) in [6, 6.07) is 5.44. The molecule has 0 saturated carbocycles. The molecule has 0 saturated heterocycles. The van der Waals surface area contributed by atoms with Crippen LogP contribution in [0, 0.1) is 0 Å². The number of hydrogen-bond donors (Lipinski definition) is 1. The molecule has 1 N–H and O–H groups in total. The molecule has 0 unspecified atom stereocenters. The van der Waals surface area contributed by atoms with Crippen LogP contribution in [-0.2, 0) is 0 Å². The zero-order chi connectivity index (χ0) is 12.4. The quantitative estimate of drug-likeness (QED) is 0.881. The summed E-state index contributed by atoms with van der Waals surface area (Å²) in [6.07, 6.45) is 0. The molecule has 0 radical (unpaired) electrons. The Labute approximate surface area is 99.1 Å². The molecule has 2 aromatic rings. The van der Waals surface area contributed by atoms with Crippen molar-refractivity contribution in [2.45, 2.75) is 6.92 Å². The molecule has 0 aliphatic carbocycles. The van der Waals surface area contributed by atoms with E-state index in [0.717, 1.165) is 16.7 Å². The molecule has 0 fully saturated rings. The second-order valence-electron chi connectivity index (χ2n) is 3.45. The van der Waals surface area contributed by atoms with Gasteiger partial charge in [0.05, 0.1) is 24.6 Å². The Kier molecular flexibility index (Phi) is 2.99. The number of rotatable bonds is 4. The van der Waals surface area contributed by atoms with Crippen molar-refractivity contribution in [3.05, 3.63) is 18.2 Å². The van der Waals surface area contributed by atoms with Crippen LogP contribution in [0.1, 0.15) is 6.92 Å². The largest absolute Gasteiger partial charge is 0.494 e. The zero-order valence-electron chi connectivity index (χ0n) is 10.1. The monoisotopic (exact) mass is 237 g/mol. The van der Waals surface area contributed by atoms with Gasteiger partial charge < -0.3 is 19.4 Å². The number of benzene rings is 1. The van der Waals surface area contributed by atoms with Gasteiger partial charge in [-0.15, -0.1) is 4.73 Å². The van der Waals surface area contributed by atoms with Crippen LogP contribution < -0.4 is 14.3 Å². The number of methoxy groups -OCH3 is 1. The summed E-state index contributed by atoms with van der Waals surface area (Å²) in [5, 5.41) is 10.7. The Morgan fingerprint density at radius 1 is 1.29 bits per heavy atom.